The number of amides is 1. The SMILES string of the molecule is CC(C)[C@H](N)C(=O)NCC(C)N1CCc2ccccc2C1. The second-order valence-electron chi connectivity index (χ2n) is 6.35. The van der Waals surface area contributed by atoms with Crippen LogP contribution in [0.2, 0.25) is 0 Å². The van der Waals surface area contributed by atoms with Crippen molar-refractivity contribution >= 4 is 5.91 Å². The number of carbonyl (C=O) groups excluding carboxylic acids is 1. The van der Waals surface area contributed by atoms with Gasteiger partial charge in [-0.15, -0.1) is 0 Å². The Hall–Kier alpha value is -1.39. The van der Waals surface area contributed by atoms with Gasteiger partial charge < -0.3 is 11.1 Å². The van der Waals surface area contributed by atoms with Crippen LogP contribution in [0.1, 0.15) is 31.9 Å². The molecule has 21 heavy (non-hydrogen) atoms. The highest BCUT2D eigenvalue weighted by atomic mass is 16.2. The molecule has 1 aromatic carbocycles. The normalized spacial score (nSPS) is 18.1. The Labute approximate surface area is 127 Å². The molecule has 0 radical (unpaired) electrons. The summed E-state index contributed by atoms with van der Waals surface area (Å²) in [5.41, 5.74) is 8.72. The van der Waals surface area contributed by atoms with Crippen LogP contribution in [0.4, 0.5) is 0 Å². The minimum atomic E-state index is -0.417. The highest BCUT2D eigenvalue weighted by Gasteiger charge is 2.22. The molecular formula is C17H27N3O. The van der Waals surface area contributed by atoms with Gasteiger partial charge >= 0.3 is 0 Å². The minimum absolute atomic E-state index is 0.0470. The van der Waals surface area contributed by atoms with E-state index >= 15 is 0 Å². The van der Waals surface area contributed by atoms with Crippen LogP contribution in [0.15, 0.2) is 24.3 Å². The molecule has 1 aliphatic heterocycles. The number of fused-ring (bicyclic) bond motifs is 1. The van der Waals surface area contributed by atoms with E-state index in [0.717, 1.165) is 19.5 Å². The van der Waals surface area contributed by atoms with Crippen molar-refractivity contribution in [3.8, 4) is 0 Å². The lowest BCUT2D eigenvalue weighted by molar-refractivity contribution is -0.123. The first-order chi connectivity index (χ1) is 9.99. The zero-order chi connectivity index (χ0) is 15.4. The summed E-state index contributed by atoms with van der Waals surface area (Å²) >= 11 is 0. The molecule has 0 aliphatic carbocycles. The molecule has 1 aromatic rings. The van der Waals surface area contributed by atoms with E-state index in [4.69, 9.17) is 5.73 Å². The molecule has 3 N–H and O–H groups in total. The molecule has 2 atom stereocenters. The summed E-state index contributed by atoms with van der Waals surface area (Å²) < 4.78 is 0. The molecule has 116 valence electrons. The fourth-order valence-corrected chi connectivity index (χ4v) is 2.69. The van der Waals surface area contributed by atoms with Gasteiger partial charge in [0.25, 0.3) is 0 Å². The lowest BCUT2D eigenvalue weighted by Gasteiger charge is -2.34. The molecule has 0 fully saturated rings. The third-order valence-corrected chi connectivity index (χ3v) is 4.38. The van der Waals surface area contributed by atoms with Crippen molar-refractivity contribution in [3.05, 3.63) is 35.4 Å². The zero-order valence-corrected chi connectivity index (χ0v) is 13.3. The Morgan fingerprint density at radius 2 is 1.95 bits per heavy atom. The summed E-state index contributed by atoms with van der Waals surface area (Å²) in [6.45, 7) is 8.76. The van der Waals surface area contributed by atoms with Crippen LogP contribution in [-0.2, 0) is 17.8 Å². The smallest absolute Gasteiger partial charge is 0.237 e. The van der Waals surface area contributed by atoms with E-state index in [-0.39, 0.29) is 11.8 Å². The second kappa shape index (κ2) is 7.05. The predicted octanol–water partition coefficient (Wildman–Crippen LogP) is 1.53. The van der Waals surface area contributed by atoms with E-state index < -0.39 is 6.04 Å². The summed E-state index contributed by atoms with van der Waals surface area (Å²) in [5, 5.41) is 2.98. The van der Waals surface area contributed by atoms with Gasteiger partial charge in [0.1, 0.15) is 0 Å². The Bertz CT molecular complexity index is 487. The van der Waals surface area contributed by atoms with E-state index in [9.17, 15) is 4.79 Å². The van der Waals surface area contributed by atoms with Crippen LogP contribution in [0.3, 0.4) is 0 Å². The Kier molecular flexibility index (Phi) is 5.37. The first-order valence-corrected chi connectivity index (χ1v) is 7.83. The van der Waals surface area contributed by atoms with Crippen LogP contribution in [0.25, 0.3) is 0 Å². The molecule has 2 rings (SSSR count). The van der Waals surface area contributed by atoms with Gasteiger partial charge in [-0.3, -0.25) is 9.69 Å². The van der Waals surface area contributed by atoms with Crippen LogP contribution in [0, 0.1) is 5.92 Å². The Balaban J connectivity index is 1.85. The molecule has 0 bridgehead atoms. The molecule has 0 spiro atoms. The Morgan fingerprint density at radius 1 is 1.29 bits per heavy atom. The Morgan fingerprint density at radius 3 is 2.62 bits per heavy atom. The van der Waals surface area contributed by atoms with Crippen molar-refractivity contribution in [2.24, 2.45) is 11.7 Å². The summed E-state index contributed by atoms with van der Waals surface area (Å²) in [5.74, 6) is 0.122. The lowest BCUT2D eigenvalue weighted by Crippen LogP contribution is -2.49. The van der Waals surface area contributed by atoms with Gasteiger partial charge in [0.05, 0.1) is 6.04 Å². The average Bonchev–Trinajstić information content (AvgIpc) is 2.50. The lowest BCUT2D eigenvalue weighted by atomic mass is 9.99. The van der Waals surface area contributed by atoms with Gasteiger partial charge in [-0.1, -0.05) is 38.1 Å². The van der Waals surface area contributed by atoms with E-state index in [1.165, 1.54) is 11.1 Å². The first-order valence-electron chi connectivity index (χ1n) is 7.83. The van der Waals surface area contributed by atoms with Crippen molar-refractivity contribution in [2.75, 3.05) is 13.1 Å². The highest BCUT2D eigenvalue weighted by Crippen LogP contribution is 2.19. The van der Waals surface area contributed by atoms with Crippen molar-refractivity contribution in [1.29, 1.82) is 0 Å². The molecule has 0 saturated carbocycles. The third kappa shape index (κ3) is 4.05. The largest absolute Gasteiger partial charge is 0.353 e. The molecule has 1 heterocycles. The van der Waals surface area contributed by atoms with Crippen LogP contribution in [0.5, 0.6) is 0 Å². The summed E-state index contributed by atoms with van der Waals surface area (Å²) in [7, 11) is 0. The minimum Gasteiger partial charge on any atom is -0.353 e. The molecule has 1 amide bonds. The standard InChI is InChI=1S/C17H27N3O/c1-12(2)16(18)17(21)19-10-13(3)20-9-8-14-6-4-5-7-15(14)11-20/h4-7,12-13,16H,8-11,18H2,1-3H3,(H,19,21)/t13?,16-/m0/s1. The number of hydrogen-bond acceptors (Lipinski definition) is 3. The molecule has 1 unspecified atom stereocenters. The first kappa shape index (κ1) is 16.0. The van der Waals surface area contributed by atoms with Crippen LogP contribution < -0.4 is 11.1 Å². The molecule has 4 heteroatoms. The van der Waals surface area contributed by atoms with Gasteiger partial charge in [0, 0.05) is 25.7 Å². The van der Waals surface area contributed by atoms with E-state index in [2.05, 4.69) is 41.4 Å². The summed E-state index contributed by atoms with van der Waals surface area (Å²) in [6.07, 6.45) is 1.08. The predicted molar refractivity (Wildman–Crippen MR) is 85.8 cm³/mol. The summed E-state index contributed by atoms with van der Waals surface area (Å²) in [4.78, 5) is 14.3. The van der Waals surface area contributed by atoms with Crippen molar-refractivity contribution in [2.45, 2.75) is 45.8 Å². The number of carbonyl (C=O) groups is 1. The molecule has 4 nitrogen and oxygen atoms in total. The monoisotopic (exact) mass is 289 g/mol. The maximum Gasteiger partial charge on any atom is 0.237 e. The fraction of sp³-hybridized carbons (Fsp3) is 0.588. The quantitative estimate of drug-likeness (QED) is 0.864. The number of nitrogens with two attached hydrogens (primary N) is 1. The molecule has 1 aliphatic rings. The average molecular weight is 289 g/mol. The van der Waals surface area contributed by atoms with Crippen LogP contribution >= 0.6 is 0 Å². The number of nitrogens with one attached hydrogen (secondary N) is 1. The molecular weight excluding hydrogens is 262 g/mol. The van der Waals surface area contributed by atoms with Crippen LogP contribution in [-0.4, -0.2) is 36.0 Å². The summed E-state index contributed by atoms with van der Waals surface area (Å²) in [6, 6.07) is 8.50. The number of rotatable bonds is 5. The van der Waals surface area contributed by atoms with Crippen molar-refractivity contribution < 1.29 is 4.79 Å². The van der Waals surface area contributed by atoms with Gasteiger partial charge in [-0.25, -0.2) is 0 Å². The highest BCUT2D eigenvalue weighted by molar-refractivity contribution is 5.81. The number of nitrogens with zero attached hydrogens (tertiary/aromatic N) is 1. The van der Waals surface area contributed by atoms with E-state index in [1.807, 2.05) is 13.8 Å². The van der Waals surface area contributed by atoms with Gasteiger partial charge in [0.15, 0.2) is 0 Å². The zero-order valence-electron chi connectivity index (χ0n) is 13.3. The fourth-order valence-electron chi connectivity index (χ4n) is 2.69. The maximum atomic E-state index is 11.9. The third-order valence-electron chi connectivity index (χ3n) is 4.38. The second-order valence-corrected chi connectivity index (χ2v) is 6.35. The van der Waals surface area contributed by atoms with E-state index in [0.29, 0.717) is 12.6 Å². The molecule has 0 aromatic heterocycles. The number of benzene rings is 1. The molecule has 0 saturated heterocycles. The van der Waals surface area contributed by atoms with Crippen molar-refractivity contribution in [1.82, 2.24) is 10.2 Å². The topological polar surface area (TPSA) is 58.4 Å². The number of hydrogen-bond donors (Lipinski definition) is 2. The maximum absolute atomic E-state index is 11.9. The van der Waals surface area contributed by atoms with E-state index in [1.54, 1.807) is 0 Å². The van der Waals surface area contributed by atoms with Crippen molar-refractivity contribution in [3.63, 3.8) is 0 Å². The van der Waals surface area contributed by atoms with Gasteiger partial charge in [-0.05, 0) is 30.4 Å². The van der Waals surface area contributed by atoms with Gasteiger partial charge in [0.2, 0.25) is 5.91 Å². The van der Waals surface area contributed by atoms with Gasteiger partial charge in [-0.2, -0.15) is 0 Å².